The first-order valence-electron chi connectivity index (χ1n) is 8.58. The normalized spacial score (nSPS) is 19.5. The fourth-order valence-electron chi connectivity index (χ4n) is 3.24. The molecule has 2 unspecified atom stereocenters. The molecule has 3 rings (SSSR count). The maximum Gasteiger partial charge on any atom is 0.0679 e. The number of nitrogens with zero attached hydrogens (tertiary/aromatic N) is 1. The lowest BCUT2D eigenvalue weighted by atomic mass is 10.0. The van der Waals surface area contributed by atoms with Gasteiger partial charge in [0.25, 0.3) is 0 Å². The van der Waals surface area contributed by atoms with Crippen molar-refractivity contribution >= 4 is 11.6 Å². The van der Waals surface area contributed by atoms with Gasteiger partial charge in [-0.2, -0.15) is 0 Å². The molecular weight excluding hydrogens is 320 g/mol. The van der Waals surface area contributed by atoms with Crippen LogP contribution < -0.4 is 5.32 Å². The third-order valence-corrected chi connectivity index (χ3v) is 4.94. The van der Waals surface area contributed by atoms with Gasteiger partial charge in [-0.05, 0) is 42.2 Å². The molecule has 0 saturated carbocycles. The van der Waals surface area contributed by atoms with Crippen LogP contribution in [0.25, 0.3) is 0 Å². The van der Waals surface area contributed by atoms with Crippen molar-refractivity contribution in [1.29, 1.82) is 0 Å². The van der Waals surface area contributed by atoms with E-state index in [4.69, 9.17) is 11.6 Å². The van der Waals surface area contributed by atoms with Crippen molar-refractivity contribution < 1.29 is 5.11 Å². The zero-order chi connectivity index (χ0) is 16.9. The van der Waals surface area contributed by atoms with E-state index in [0.29, 0.717) is 0 Å². The molecule has 0 bridgehead atoms. The Labute approximate surface area is 149 Å². The zero-order valence-corrected chi connectivity index (χ0v) is 14.8. The summed E-state index contributed by atoms with van der Waals surface area (Å²) in [7, 11) is 0. The van der Waals surface area contributed by atoms with Crippen LogP contribution in [0.2, 0.25) is 5.02 Å². The molecule has 1 aliphatic rings. The highest BCUT2D eigenvalue weighted by Gasteiger charge is 2.20. The molecular formula is C20H25ClN2O. The maximum atomic E-state index is 9.71. The lowest BCUT2D eigenvalue weighted by Crippen LogP contribution is -2.24. The second kappa shape index (κ2) is 8.13. The predicted molar refractivity (Wildman–Crippen MR) is 99.0 cm³/mol. The number of rotatable bonds is 6. The molecule has 1 aliphatic heterocycles. The van der Waals surface area contributed by atoms with E-state index in [1.165, 1.54) is 16.7 Å². The van der Waals surface area contributed by atoms with Gasteiger partial charge in [0.1, 0.15) is 0 Å². The molecule has 0 radical (unpaired) electrons. The molecule has 1 fully saturated rings. The summed E-state index contributed by atoms with van der Waals surface area (Å²) in [6.07, 6.45) is 0.713. The van der Waals surface area contributed by atoms with Gasteiger partial charge in [-0.1, -0.05) is 48.0 Å². The van der Waals surface area contributed by atoms with Crippen molar-refractivity contribution in [3.8, 4) is 0 Å². The van der Waals surface area contributed by atoms with E-state index in [-0.39, 0.29) is 12.1 Å². The highest BCUT2D eigenvalue weighted by molar-refractivity contribution is 6.30. The smallest absolute Gasteiger partial charge is 0.0679 e. The fourth-order valence-corrected chi connectivity index (χ4v) is 3.44. The first-order valence-corrected chi connectivity index (χ1v) is 8.95. The Morgan fingerprint density at radius 3 is 2.71 bits per heavy atom. The third kappa shape index (κ3) is 4.58. The number of β-amino-alcohol motifs (C(OH)–C–C–N with tert-alkyl or cyclic N) is 1. The molecule has 4 heteroatoms. The number of benzene rings is 2. The summed E-state index contributed by atoms with van der Waals surface area (Å²) in [6.45, 7) is 5.63. The Morgan fingerprint density at radius 1 is 1.21 bits per heavy atom. The van der Waals surface area contributed by atoms with Crippen LogP contribution in [-0.4, -0.2) is 29.2 Å². The first kappa shape index (κ1) is 17.4. The Bertz CT molecular complexity index is 676. The van der Waals surface area contributed by atoms with Crippen molar-refractivity contribution in [2.45, 2.75) is 38.6 Å². The molecule has 1 saturated heterocycles. The van der Waals surface area contributed by atoms with Gasteiger partial charge in [-0.3, -0.25) is 4.90 Å². The van der Waals surface area contributed by atoms with Gasteiger partial charge >= 0.3 is 0 Å². The van der Waals surface area contributed by atoms with E-state index in [2.05, 4.69) is 47.5 Å². The van der Waals surface area contributed by atoms with E-state index in [1.54, 1.807) is 0 Å². The molecule has 2 atom stereocenters. The minimum atomic E-state index is -0.168. The van der Waals surface area contributed by atoms with Crippen molar-refractivity contribution in [1.82, 2.24) is 10.2 Å². The topological polar surface area (TPSA) is 35.5 Å². The average Bonchev–Trinajstić information content (AvgIpc) is 2.99. The first-order chi connectivity index (χ1) is 11.6. The van der Waals surface area contributed by atoms with Crippen LogP contribution in [0.4, 0.5) is 0 Å². The summed E-state index contributed by atoms with van der Waals surface area (Å²) in [5.41, 5.74) is 3.84. The summed E-state index contributed by atoms with van der Waals surface area (Å²) in [4.78, 5) is 2.32. The van der Waals surface area contributed by atoms with Gasteiger partial charge in [0.15, 0.2) is 0 Å². The van der Waals surface area contributed by atoms with Crippen LogP contribution in [0.5, 0.6) is 0 Å². The lowest BCUT2D eigenvalue weighted by molar-refractivity contribution is 0.174. The van der Waals surface area contributed by atoms with Crippen molar-refractivity contribution in [3.05, 3.63) is 70.2 Å². The second-order valence-electron chi connectivity index (χ2n) is 6.60. The molecule has 0 spiro atoms. The minimum Gasteiger partial charge on any atom is -0.392 e. The number of aliphatic hydroxyl groups excluding tert-OH is 1. The molecule has 2 aromatic rings. The second-order valence-corrected chi connectivity index (χ2v) is 7.04. The summed E-state index contributed by atoms with van der Waals surface area (Å²) < 4.78 is 0. The van der Waals surface area contributed by atoms with Crippen molar-refractivity contribution in [3.63, 3.8) is 0 Å². The minimum absolute atomic E-state index is 0.168. The zero-order valence-electron chi connectivity index (χ0n) is 14.1. The molecule has 0 aromatic heterocycles. The monoisotopic (exact) mass is 344 g/mol. The van der Waals surface area contributed by atoms with E-state index < -0.39 is 0 Å². The molecule has 3 nitrogen and oxygen atoms in total. The van der Waals surface area contributed by atoms with Gasteiger partial charge < -0.3 is 10.4 Å². The predicted octanol–water partition coefficient (Wildman–Crippen LogP) is 3.76. The van der Waals surface area contributed by atoms with Gasteiger partial charge in [0.05, 0.1) is 6.10 Å². The molecule has 24 heavy (non-hydrogen) atoms. The van der Waals surface area contributed by atoms with Crippen LogP contribution in [0, 0.1) is 0 Å². The maximum absolute atomic E-state index is 9.71. The molecule has 0 aliphatic carbocycles. The van der Waals surface area contributed by atoms with E-state index in [9.17, 15) is 5.11 Å². The largest absolute Gasteiger partial charge is 0.392 e. The van der Waals surface area contributed by atoms with Crippen LogP contribution in [0.1, 0.15) is 36.1 Å². The third-order valence-electron chi connectivity index (χ3n) is 4.71. The molecule has 1 heterocycles. The molecule has 2 aromatic carbocycles. The SMILES string of the molecule is CC(NCc1ccccc1CN1CCC(O)C1)c1cccc(Cl)c1. The highest BCUT2D eigenvalue weighted by atomic mass is 35.5. The summed E-state index contributed by atoms with van der Waals surface area (Å²) >= 11 is 6.08. The van der Waals surface area contributed by atoms with Crippen LogP contribution in [0.15, 0.2) is 48.5 Å². The van der Waals surface area contributed by atoms with E-state index in [1.807, 2.05) is 18.2 Å². The number of hydrogen-bond donors (Lipinski definition) is 2. The van der Waals surface area contributed by atoms with Gasteiger partial charge in [0, 0.05) is 37.2 Å². The standard InChI is InChI=1S/C20H25ClN2O/c1-15(16-7-4-8-19(21)11-16)22-12-17-5-2-3-6-18(17)13-23-10-9-20(24)14-23/h2-8,11,15,20,22,24H,9-10,12-14H2,1H3. The number of hydrogen-bond acceptors (Lipinski definition) is 3. The van der Waals surface area contributed by atoms with E-state index in [0.717, 1.165) is 37.6 Å². The Balaban J connectivity index is 1.62. The van der Waals surface area contributed by atoms with Crippen LogP contribution in [0.3, 0.4) is 0 Å². The molecule has 2 N–H and O–H groups in total. The quantitative estimate of drug-likeness (QED) is 0.837. The molecule has 0 amide bonds. The number of nitrogens with one attached hydrogen (secondary N) is 1. The molecule has 128 valence electrons. The van der Waals surface area contributed by atoms with Crippen molar-refractivity contribution in [2.75, 3.05) is 13.1 Å². The van der Waals surface area contributed by atoms with Crippen LogP contribution >= 0.6 is 11.6 Å². The number of aliphatic hydroxyl groups is 1. The average molecular weight is 345 g/mol. The Hall–Kier alpha value is -1.39. The van der Waals surface area contributed by atoms with Gasteiger partial charge in [-0.25, -0.2) is 0 Å². The van der Waals surface area contributed by atoms with Gasteiger partial charge in [0.2, 0.25) is 0 Å². The summed E-state index contributed by atoms with van der Waals surface area (Å²) in [5, 5.41) is 14.1. The lowest BCUT2D eigenvalue weighted by Gasteiger charge is -2.20. The Morgan fingerprint density at radius 2 is 2.00 bits per heavy atom. The van der Waals surface area contributed by atoms with Crippen LogP contribution in [-0.2, 0) is 13.1 Å². The number of halogens is 1. The van der Waals surface area contributed by atoms with E-state index >= 15 is 0 Å². The summed E-state index contributed by atoms with van der Waals surface area (Å²) in [6, 6.07) is 16.8. The Kier molecular flexibility index (Phi) is 5.90. The number of likely N-dealkylation sites (tertiary alicyclic amines) is 1. The van der Waals surface area contributed by atoms with Crippen molar-refractivity contribution in [2.24, 2.45) is 0 Å². The highest BCUT2D eigenvalue weighted by Crippen LogP contribution is 2.20. The van der Waals surface area contributed by atoms with Gasteiger partial charge in [-0.15, -0.1) is 0 Å². The fraction of sp³-hybridized carbons (Fsp3) is 0.400. The summed E-state index contributed by atoms with van der Waals surface area (Å²) in [5.74, 6) is 0.